The van der Waals surface area contributed by atoms with Crippen LogP contribution in [0.25, 0.3) is 0 Å². The molecular formula is C7H14O2Sr. The van der Waals surface area contributed by atoms with Crippen LogP contribution < -0.4 is 10.2 Å². The van der Waals surface area contributed by atoms with Crippen LogP contribution in [-0.2, 0) is 0 Å². The normalized spacial score (nSPS) is 9.60. The molecule has 0 atom stereocenters. The van der Waals surface area contributed by atoms with Crippen LogP contribution in [0, 0.1) is 0 Å². The van der Waals surface area contributed by atoms with Gasteiger partial charge in [-0.2, -0.15) is 0 Å². The number of unbranched alkanes of at least 4 members (excludes halogenated alkanes) is 3. The molecule has 56 valence electrons. The van der Waals surface area contributed by atoms with E-state index in [1.165, 1.54) is 0 Å². The summed E-state index contributed by atoms with van der Waals surface area (Å²) in [6.07, 6.45) is 2.86. The number of hydrogen-bond donors (Lipinski definition) is 0. The van der Waals surface area contributed by atoms with E-state index in [-0.39, 0.29) is 45.5 Å². The molecule has 0 N–H and O–H groups in total. The second-order valence-corrected chi connectivity index (χ2v) is 2.28. The summed E-state index contributed by atoms with van der Waals surface area (Å²) < 4.78 is 0. The molecule has 0 unspecified atom stereocenters. The fourth-order valence-electron chi connectivity index (χ4n) is 0.738. The Morgan fingerprint density at radius 2 is 1.70 bits per heavy atom. The van der Waals surface area contributed by atoms with Gasteiger partial charge in [-0.05, 0) is 0 Å². The molecule has 0 aromatic heterocycles. The Balaban J connectivity index is 0. The van der Waals surface area contributed by atoms with Gasteiger partial charge in [-0.1, -0.05) is 39.0 Å². The monoisotopic (exact) mass is 218 g/mol. The molecule has 0 aliphatic heterocycles. The van der Waals surface area contributed by atoms with E-state index in [0.29, 0.717) is 6.42 Å². The van der Waals surface area contributed by atoms with Gasteiger partial charge in [0.05, 0.1) is 0 Å². The van der Waals surface area contributed by atoms with E-state index < -0.39 is 6.29 Å². The van der Waals surface area contributed by atoms with Crippen LogP contribution in [-0.4, -0.2) is 51.8 Å². The standard InChI is InChI=1S/C7H14O2.Sr/c1-2-3-4-5-6-7(8)9;/h7H,2-6H2,1H3;/q-2;+2. The van der Waals surface area contributed by atoms with Crippen molar-refractivity contribution in [3.05, 3.63) is 0 Å². The van der Waals surface area contributed by atoms with E-state index in [1.54, 1.807) is 0 Å². The summed E-state index contributed by atoms with van der Waals surface area (Å²) in [4.78, 5) is 0. The first-order valence-corrected chi connectivity index (χ1v) is 3.59. The molecule has 10 heavy (non-hydrogen) atoms. The summed E-state index contributed by atoms with van der Waals surface area (Å²) in [5.41, 5.74) is 0. The molecule has 0 amide bonds. The second-order valence-electron chi connectivity index (χ2n) is 2.28. The van der Waals surface area contributed by atoms with E-state index in [9.17, 15) is 10.2 Å². The van der Waals surface area contributed by atoms with Gasteiger partial charge in [0.15, 0.2) is 0 Å². The Labute approximate surface area is 99.9 Å². The van der Waals surface area contributed by atoms with Gasteiger partial charge in [0.1, 0.15) is 0 Å². The fraction of sp³-hybridized carbons (Fsp3) is 1.00. The molecule has 0 saturated carbocycles. The minimum absolute atomic E-state index is 0. The molecule has 0 aromatic carbocycles. The van der Waals surface area contributed by atoms with Crippen molar-refractivity contribution in [2.45, 2.75) is 45.3 Å². The second kappa shape index (κ2) is 10.4. The third kappa shape index (κ3) is 12.1. The predicted molar refractivity (Wildman–Crippen MR) is 38.3 cm³/mol. The Kier molecular flexibility index (Phi) is 14.5. The van der Waals surface area contributed by atoms with E-state index in [2.05, 4.69) is 6.92 Å². The van der Waals surface area contributed by atoms with Gasteiger partial charge in [0.25, 0.3) is 0 Å². The van der Waals surface area contributed by atoms with Crippen LogP contribution in [0.5, 0.6) is 0 Å². The molecule has 0 spiro atoms. The van der Waals surface area contributed by atoms with E-state index in [0.717, 1.165) is 25.7 Å². The van der Waals surface area contributed by atoms with Crippen LogP contribution in [0.1, 0.15) is 39.0 Å². The van der Waals surface area contributed by atoms with Gasteiger partial charge in [0.2, 0.25) is 0 Å². The van der Waals surface area contributed by atoms with Gasteiger partial charge in [-0.3, -0.25) is 0 Å². The van der Waals surface area contributed by atoms with Crippen LogP contribution >= 0.6 is 0 Å². The van der Waals surface area contributed by atoms with Crippen molar-refractivity contribution in [2.24, 2.45) is 0 Å². The van der Waals surface area contributed by atoms with Crippen molar-refractivity contribution >= 4 is 45.5 Å². The van der Waals surface area contributed by atoms with E-state index in [4.69, 9.17) is 0 Å². The molecular weight excluding hydrogens is 204 g/mol. The molecule has 0 heterocycles. The zero-order chi connectivity index (χ0) is 7.11. The van der Waals surface area contributed by atoms with Crippen molar-refractivity contribution in [3.8, 4) is 0 Å². The first kappa shape index (κ1) is 14.0. The first-order valence-electron chi connectivity index (χ1n) is 3.59. The number of hydrogen-bond acceptors (Lipinski definition) is 2. The van der Waals surface area contributed by atoms with E-state index in [1.807, 2.05) is 0 Å². The Bertz CT molecular complexity index is 57.6. The van der Waals surface area contributed by atoms with Crippen molar-refractivity contribution < 1.29 is 10.2 Å². The Morgan fingerprint density at radius 3 is 2.10 bits per heavy atom. The van der Waals surface area contributed by atoms with Crippen molar-refractivity contribution in [2.75, 3.05) is 0 Å². The average molecular weight is 218 g/mol. The third-order valence-electron chi connectivity index (χ3n) is 1.29. The largest absolute Gasteiger partial charge is 2.00 e. The Hall–Kier alpha value is 1.40. The van der Waals surface area contributed by atoms with Crippen LogP contribution in [0.2, 0.25) is 0 Å². The zero-order valence-corrected chi connectivity index (χ0v) is 10.1. The van der Waals surface area contributed by atoms with E-state index >= 15 is 0 Å². The molecule has 0 aliphatic carbocycles. The van der Waals surface area contributed by atoms with Gasteiger partial charge in [0, 0.05) is 0 Å². The summed E-state index contributed by atoms with van der Waals surface area (Å²) in [5.74, 6) is 0. The van der Waals surface area contributed by atoms with Crippen molar-refractivity contribution in [1.82, 2.24) is 0 Å². The zero-order valence-electron chi connectivity index (χ0n) is 6.64. The maximum Gasteiger partial charge on any atom is 2.00 e. The summed E-state index contributed by atoms with van der Waals surface area (Å²) in [6, 6.07) is 0. The molecule has 0 radical (unpaired) electrons. The fourth-order valence-corrected chi connectivity index (χ4v) is 0.738. The molecule has 2 nitrogen and oxygen atoms in total. The summed E-state index contributed by atoms with van der Waals surface area (Å²) in [7, 11) is 0. The molecule has 0 aromatic rings. The summed E-state index contributed by atoms with van der Waals surface area (Å²) in [6.45, 7) is 2.10. The predicted octanol–water partition coefficient (Wildman–Crippen LogP) is -0.377. The van der Waals surface area contributed by atoms with Gasteiger partial charge >= 0.3 is 45.5 Å². The third-order valence-corrected chi connectivity index (χ3v) is 1.29. The number of rotatable bonds is 5. The average Bonchev–Trinajstić information content (AvgIpc) is 1.80. The van der Waals surface area contributed by atoms with Crippen molar-refractivity contribution in [1.29, 1.82) is 0 Å². The van der Waals surface area contributed by atoms with Crippen LogP contribution in [0.4, 0.5) is 0 Å². The van der Waals surface area contributed by atoms with Gasteiger partial charge in [-0.25, -0.2) is 6.29 Å². The maximum absolute atomic E-state index is 9.93. The Morgan fingerprint density at radius 1 is 1.10 bits per heavy atom. The maximum atomic E-state index is 9.93. The van der Waals surface area contributed by atoms with Crippen LogP contribution in [0.15, 0.2) is 0 Å². The van der Waals surface area contributed by atoms with Crippen molar-refractivity contribution in [3.63, 3.8) is 0 Å². The topological polar surface area (TPSA) is 46.1 Å². The first-order chi connectivity index (χ1) is 4.27. The molecule has 0 rings (SSSR count). The molecule has 0 fully saturated rings. The summed E-state index contributed by atoms with van der Waals surface area (Å²) >= 11 is 0. The molecule has 0 bridgehead atoms. The molecule has 0 saturated heterocycles. The van der Waals surface area contributed by atoms with Gasteiger partial charge in [-0.15, -0.1) is 0 Å². The van der Waals surface area contributed by atoms with Crippen LogP contribution in [0.3, 0.4) is 0 Å². The van der Waals surface area contributed by atoms with Gasteiger partial charge < -0.3 is 10.2 Å². The summed E-state index contributed by atoms with van der Waals surface area (Å²) in [5, 5.41) is 19.9. The molecule has 3 heteroatoms. The smallest absolute Gasteiger partial charge is 0.865 e. The quantitative estimate of drug-likeness (QED) is 0.358. The minimum Gasteiger partial charge on any atom is -0.865 e. The molecule has 0 aliphatic rings. The SMILES string of the molecule is CCCCCCC([O-])[O-].[Sr+2]. The minimum atomic E-state index is -1.60.